The average molecular weight is 310 g/mol. The van der Waals surface area contributed by atoms with Crippen LogP contribution in [0.1, 0.15) is 20.7 Å². The Morgan fingerprint density at radius 3 is 2.64 bits per heavy atom. The number of aromatic carboxylic acids is 1. The summed E-state index contributed by atoms with van der Waals surface area (Å²) in [6.07, 6.45) is -0.296. The maximum Gasteiger partial charge on any atom is 0.335 e. The monoisotopic (exact) mass is 310 g/mol. The molecule has 1 heterocycles. The second-order valence-electron chi connectivity index (χ2n) is 4.61. The summed E-state index contributed by atoms with van der Waals surface area (Å²) >= 11 is 0. The van der Waals surface area contributed by atoms with Crippen molar-refractivity contribution in [2.45, 2.75) is 6.10 Å². The van der Waals surface area contributed by atoms with Gasteiger partial charge in [0.1, 0.15) is 0 Å². The fourth-order valence-corrected chi connectivity index (χ4v) is 1.93. The third-order valence-corrected chi connectivity index (χ3v) is 3.01. The third-order valence-electron chi connectivity index (χ3n) is 3.01. The van der Waals surface area contributed by atoms with Gasteiger partial charge in [0.05, 0.1) is 36.4 Å². The molecular formula is C13H14N2O7. The Labute approximate surface area is 125 Å². The van der Waals surface area contributed by atoms with Crippen LogP contribution in [0.4, 0.5) is 5.69 Å². The summed E-state index contributed by atoms with van der Waals surface area (Å²) in [5.74, 6) is -1.96. The number of carboxylic acid groups (broad SMARTS) is 1. The normalized spacial score (nSPS) is 17.7. The van der Waals surface area contributed by atoms with Crippen molar-refractivity contribution in [3.63, 3.8) is 0 Å². The molecule has 1 aliphatic rings. The zero-order chi connectivity index (χ0) is 16.1. The number of ether oxygens (including phenoxy) is 2. The zero-order valence-electron chi connectivity index (χ0n) is 11.5. The molecule has 9 nitrogen and oxygen atoms in total. The highest BCUT2D eigenvalue weighted by Crippen LogP contribution is 2.17. The van der Waals surface area contributed by atoms with E-state index >= 15 is 0 Å². The summed E-state index contributed by atoms with van der Waals surface area (Å²) in [6.45, 7) is 1.44. The smallest absolute Gasteiger partial charge is 0.335 e. The van der Waals surface area contributed by atoms with Crippen LogP contribution in [-0.2, 0) is 9.47 Å². The highest BCUT2D eigenvalue weighted by molar-refractivity contribution is 5.98. The van der Waals surface area contributed by atoms with Gasteiger partial charge in [0.25, 0.3) is 11.6 Å². The summed E-state index contributed by atoms with van der Waals surface area (Å²) in [5, 5.41) is 22.3. The van der Waals surface area contributed by atoms with E-state index in [9.17, 15) is 19.7 Å². The van der Waals surface area contributed by atoms with E-state index in [1.54, 1.807) is 0 Å². The van der Waals surface area contributed by atoms with E-state index in [4.69, 9.17) is 14.6 Å². The predicted octanol–water partition coefficient (Wildman–Crippen LogP) is 0.438. The number of carboxylic acids is 1. The fraction of sp³-hybridized carbons (Fsp3) is 0.385. The van der Waals surface area contributed by atoms with Crippen LogP contribution in [0.15, 0.2) is 18.2 Å². The Balaban J connectivity index is 2.10. The number of nitrogens with one attached hydrogen (secondary N) is 1. The van der Waals surface area contributed by atoms with Crippen molar-refractivity contribution in [1.82, 2.24) is 5.32 Å². The van der Waals surface area contributed by atoms with Crippen LogP contribution < -0.4 is 5.32 Å². The van der Waals surface area contributed by atoms with Crippen molar-refractivity contribution in [3.05, 3.63) is 39.4 Å². The lowest BCUT2D eigenvalue weighted by molar-refractivity contribution is -0.384. The fourth-order valence-electron chi connectivity index (χ4n) is 1.93. The third kappa shape index (κ3) is 3.99. The maximum absolute atomic E-state index is 12.0. The molecular weight excluding hydrogens is 296 g/mol. The average Bonchev–Trinajstić information content (AvgIpc) is 2.53. The molecule has 22 heavy (non-hydrogen) atoms. The van der Waals surface area contributed by atoms with Crippen LogP contribution in [0.5, 0.6) is 0 Å². The Morgan fingerprint density at radius 2 is 2.05 bits per heavy atom. The van der Waals surface area contributed by atoms with Crippen molar-refractivity contribution in [2.24, 2.45) is 0 Å². The molecule has 118 valence electrons. The molecule has 1 saturated heterocycles. The number of hydrogen-bond donors (Lipinski definition) is 2. The minimum atomic E-state index is -1.35. The van der Waals surface area contributed by atoms with Gasteiger partial charge >= 0.3 is 5.97 Å². The molecule has 0 bridgehead atoms. The number of carbonyl (C=O) groups is 2. The molecule has 0 spiro atoms. The minimum absolute atomic E-state index is 0.0941. The van der Waals surface area contributed by atoms with E-state index in [-0.39, 0.29) is 23.8 Å². The van der Waals surface area contributed by atoms with Gasteiger partial charge in [0.15, 0.2) is 0 Å². The van der Waals surface area contributed by atoms with E-state index in [2.05, 4.69) is 5.32 Å². The van der Waals surface area contributed by atoms with Gasteiger partial charge in [0, 0.05) is 24.2 Å². The molecule has 1 unspecified atom stereocenters. The molecule has 0 aromatic heterocycles. The summed E-state index contributed by atoms with van der Waals surface area (Å²) in [5.41, 5.74) is -0.873. The van der Waals surface area contributed by atoms with Gasteiger partial charge in [-0.25, -0.2) is 4.79 Å². The number of nitrogens with zero attached hydrogens (tertiary/aromatic N) is 1. The number of hydrogen-bond acceptors (Lipinski definition) is 6. The van der Waals surface area contributed by atoms with Gasteiger partial charge in [-0.15, -0.1) is 0 Å². The second-order valence-corrected chi connectivity index (χ2v) is 4.61. The first kappa shape index (κ1) is 15.9. The van der Waals surface area contributed by atoms with E-state index in [0.717, 1.165) is 18.2 Å². The molecule has 1 aromatic carbocycles. The van der Waals surface area contributed by atoms with E-state index in [0.29, 0.717) is 19.8 Å². The van der Waals surface area contributed by atoms with Crippen molar-refractivity contribution >= 4 is 17.6 Å². The molecule has 0 aliphatic carbocycles. The quantitative estimate of drug-likeness (QED) is 0.596. The van der Waals surface area contributed by atoms with Gasteiger partial charge in [-0.3, -0.25) is 14.9 Å². The first-order valence-corrected chi connectivity index (χ1v) is 6.47. The molecule has 0 radical (unpaired) electrons. The molecule has 1 fully saturated rings. The van der Waals surface area contributed by atoms with E-state index in [1.807, 2.05) is 0 Å². The Hall–Kier alpha value is -2.52. The van der Waals surface area contributed by atoms with Crippen molar-refractivity contribution in [3.8, 4) is 0 Å². The maximum atomic E-state index is 12.0. The lowest BCUT2D eigenvalue weighted by Gasteiger charge is -2.23. The largest absolute Gasteiger partial charge is 0.478 e. The van der Waals surface area contributed by atoms with Crippen LogP contribution in [0.25, 0.3) is 0 Å². The van der Waals surface area contributed by atoms with Gasteiger partial charge in [-0.1, -0.05) is 0 Å². The van der Waals surface area contributed by atoms with Crippen LogP contribution in [0.2, 0.25) is 0 Å². The summed E-state index contributed by atoms with van der Waals surface area (Å²) < 4.78 is 10.5. The van der Waals surface area contributed by atoms with Gasteiger partial charge in [-0.05, 0) is 6.07 Å². The predicted molar refractivity (Wildman–Crippen MR) is 72.9 cm³/mol. The van der Waals surface area contributed by atoms with Crippen LogP contribution in [0.3, 0.4) is 0 Å². The number of amides is 1. The molecule has 9 heteroatoms. The van der Waals surface area contributed by atoms with Crippen LogP contribution in [0, 0.1) is 10.1 Å². The summed E-state index contributed by atoms with van der Waals surface area (Å²) in [4.78, 5) is 33.0. The Bertz CT molecular complexity index is 564. The van der Waals surface area contributed by atoms with Crippen molar-refractivity contribution in [1.29, 1.82) is 0 Å². The van der Waals surface area contributed by atoms with E-state index < -0.39 is 22.5 Å². The highest BCUT2D eigenvalue weighted by Gasteiger charge is 2.19. The number of nitro benzene ring substituents is 1. The number of carbonyl (C=O) groups excluding carboxylic acids is 1. The van der Waals surface area contributed by atoms with Crippen LogP contribution in [-0.4, -0.2) is 54.4 Å². The number of nitro groups is 1. The zero-order valence-corrected chi connectivity index (χ0v) is 11.5. The van der Waals surface area contributed by atoms with Crippen LogP contribution >= 0.6 is 0 Å². The van der Waals surface area contributed by atoms with Gasteiger partial charge < -0.3 is 19.9 Å². The first-order chi connectivity index (χ1) is 10.5. The number of non-ortho nitro benzene ring substituents is 1. The summed E-state index contributed by atoms with van der Waals surface area (Å²) in [7, 11) is 0. The van der Waals surface area contributed by atoms with Gasteiger partial charge in [0.2, 0.25) is 0 Å². The summed E-state index contributed by atoms with van der Waals surface area (Å²) in [6, 6.07) is 3.01. The molecule has 1 aliphatic heterocycles. The van der Waals surface area contributed by atoms with Gasteiger partial charge in [-0.2, -0.15) is 0 Å². The topological polar surface area (TPSA) is 128 Å². The molecule has 1 aromatic rings. The molecule has 2 N–H and O–H groups in total. The number of rotatable bonds is 5. The van der Waals surface area contributed by atoms with E-state index in [1.165, 1.54) is 0 Å². The molecule has 1 atom stereocenters. The standard InChI is InChI=1S/C13H14N2O7/c16-12(14-6-11-7-21-1-2-22-11)8-3-9(13(17)18)5-10(4-8)15(19)20/h3-5,11H,1-2,6-7H2,(H,14,16)(H,17,18). The second kappa shape index (κ2) is 6.96. The molecule has 2 rings (SSSR count). The molecule has 1 amide bonds. The minimum Gasteiger partial charge on any atom is -0.478 e. The number of benzene rings is 1. The van der Waals surface area contributed by atoms with Crippen molar-refractivity contribution < 1.29 is 29.1 Å². The lowest BCUT2D eigenvalue weighted by Crippen LogP contribution is -2.39. The SMILES string of the molecule is O=C(O)c1cc(C(=O)NCC2COCCO2)cc([N+](=O)[O-])c1. The highest BCUT2D eigenvalue weighted by atomic mass is 16.6. The first-order valence-electron chi connectivity index (χ1n) is 6.47. The molecule has 0 saturated carbocycles. The Kier molecular flexibility index (Phi) is 5.02. The van der Waals surface area contributed by atoms with Crippen molar-refractivity contribution in [2.75, 3.05) is 26.4 Å². The lowest BCUT2D eigenvalue weighted by atomic mass is 10.1. The Morgan fingerprint density at radius 1 is 1.32 bits per heavy atom.